The molecule has 4 aromatic heterocycles. The van der Waals surface area contributed by atoms with Crippen LogP contribution in [0.5, 0.6) is 0 Å². The topological polar surface area (TPSA) is 130 Å². The minimum Gasteiger partial charge on any atom is -1.00 e. The number of rotatable bonds is 3. The molecular formula is C51H48Cl3IN8NaO2-. The monoisotopic (exact) mass is 1060 g/mol. The number of halogens is 4. The number of nitrogens with zero attached hydrogens (tertiary/aromatic N) is 7. The van der Waals surface area contributed by atoms with E-state index in [0.29, 0.717) is 17.6 Å². The van der Waals surface area contributed by atoms with E-state index in [4.69, 9.17) is 44.5 Å². The van der Waals surface area contributed by atoms with Crippen molar-refractivity contribution in [3.63, 3.8) is 0 Å². The van der Waals surface area contributed by atoms with Crippen LogP contribution in [0.4, 0.5) is 0 Å². The Kier molecular flexibility index (Phi) is 21.4. The van der Waals surface area contributed by atoms with Crippen molar-refractivity contribution in [1.82, 2.24) is 39.5 Å². The summed E-state index contributed by atoms with van der Waals surface area (Å²) in [5.74, 6) is 1.55. The molecule has 0 unspecified atom stereocenters. The fourth-order valence-electron chi connectivity index (χ4n) is 6.65. The zero-order valence-electron chi connectivity index (χ0n) is 36.3. The number of fused-ring (bicyclic) bond motifs is 6. The Morgan fingerprint density at radius 1 is 0.500 bits per heavy atom. The number of H-pyrrole nitrogens is 1. The largest absolute Gasteiger partial charge is 1.00 e. The standard InChI is InChI=1S/C21H13ClN4.C12H9N.C9H5Cl2N3.C4H8O.C4H9O.CH4.HI.Na/c22-20-23-19(14-8-2-1-3-9-14)24-21(25-20)26-17-12-6-4-10-15(17)16-11-5-7-13-18(16)26;1-3-7-11-9(5-1)10-6-2-4-8-12(10)13-11;10-8-12-7(13-9(11)14-8)6-4-2-1-3-5-6;1-2-4-5-3-1;1-4(2,3)5;;;/h1-13H;1-8,13H;1-5H;1-4H2;1-3H3;1H4;1H;/q;;;;-1;;;+1/p-1. The fourth-order valence-corrected chi connectivity index (χ4v) is 7.16. The van der Waals surface area contributed by atoms with E-state index in [1.54, 1.807) is 20.8 Å². The molecule has 10 aromatic rings. The molecule has 1 aliphatic heterocycles. The van der Waals surface area contributed by atoms with Crippen LogP contribution in [0, 0.1) is 0 Å². The van der Waals surface area contributed by atoms with Crippen LogP contribution < -0.4 is 58.6 Å². The van der Waals surface area contributed by atoms with Gasteiger partial charge in [0.1, 0.15) is 0 Å². The Morgan fingerprint density at radius 3 is 1.26 bits per heavy atom. The van der Waals surface area contributed by atoms with Crippen LogP contribution in [-0.2, 0) is 4.74 Å². The summed E-state index contributed by atoms with van der Waals surface area (Å²) in [7, 11) is 0. The van der Waals surface area contributed by atoms with Gasteiger partial charge in [-0.1, -0.05) is 162 Å². The van der Waals surface area contributed by atoms with Crippen molar-refractivity contribution in [2.75, 3.05) is 13.2 Å². The van der Waals surface area contributed by atoms with Gasteiger partial charge in [-0.05, 0) is 71.9 Å². The minimum absolute atomic E-state index is 0. The summed E-state index contributed by atoms with van der Waals surface area (Å²) in [5.41, 5.74) is 5.51. The van der Waals surface area contributed by atoms with E-state index in [-0.39, 0.29) is 76.8 Å². The van der Waals surface area contributed by atoms with Crippen molar-refractivity contribution in [3.05, 3.63) is 174 Å². The molecule has 0 spiro atoms. The fraction of sp³-hybridized carbons (Fsp3) is 0.176. The van der Waals surface area contributed by atoms with Gasteiger partial charge in [-0.15, -0.1) is 5.60 Å². The molecule has 0 radical (unpaired) electrons. The van der Waals surface area contributed by atoms with Crippen LogP contribution in [0.1, 0.15) is 41.0 Å². The van der Waals surface area contributed by atoms with Gasteiger partial charge < -0.3 is 38.8 Å². The van der Waals surface area contributed by atoms with E-state index in [1.807, 2.05) is 89.5 Å². The van der Waals surface area contributed by atoms with Crippen molar-refractivity contribution in [2.45, 2.75) is 46.6 Å². The van der Waals surface area contributed by atoms with Crippen molar-refractivity contribution in [1.29, 1.82) is 0 Å². The summed E-state index contributed by atoms with van der Waals surface area (Å²) in [6.45, 7) is 6.90. The Bertz CT molecular complexity index is 2920. The SMILES string of the molecule is C.C1CCOC1.CC(C)(C)[O-].Clc1nc(-c2ccccc2)nc(-n2c3ccccc3c3ccccc32)n1.Clc1nc(Cl)nc(-c2ccccc2)n1.[I-].[Na+].c1ccc2c(c1)[nH]c1ccccc12. The Morgan fingerprint density at radius 2 is 0.848 bits per heavy atom. The molecule has 5 heterocycles. The summed E-state index contributed by atoms with van der Waals surface area (Å²) in [5, 5.41) is 15.4. The zero-order chi connectivity index (χ0) is 44.2. The number of nitrogens with one attached hydrogen (secondary N) is 1. The molecule has 11 rings (SSSR count). The smallest absolute Gasteiger partial charge is 1.00 e. The number of aromatic nitrogens is 8. The summed E-state index contributed by atoms with van der Waals surface area (Å²) in [6, 6.07) is 52.4. The van der Waals surface area contributed by atoms with E-state index in [2.05, 4.69) is 103 Å². The molecule has 15 heteroatoms. The number of aromatic amines is 1. The number of benzene rings is 6. The zero-order valence-corrected chi connectivity index (χ0v) is 42.7. The Balaban J connectivity index is 0.000000203. The van der Waals surface area contributed by atoms with Gasteiger partial charge in [-0.2, -0.15) is 29.9 Å². The molecule has 0 bridgehead atoms. The van der Waals surface area contributed by atoms with Crippen molar-refractivity contribution < 1.29 is 63.4 Å². The molecule has 1 aliphatic rings. The van der Waals surface area contributed by atoms with Crippen LogP contribution in [-0.4, -0.2) is 58.3 Å². The maximum absolute atomic E-state index is 10.1. The van der Waals surface area contributed by atoms with Crippen LogP contribution in [0.2, 0.25) is 15.9 Å². The third kappa shape index (κ3) is 15.0. The summed E-state index contributed by atoms with van der Waals surface area (Å²) >= 11 is 17.6. The molecule has 0 atom stereocenters. The Hall–Kier alpha value is -4.54. The maximum Gasteiger partial charge on any atom is 1.00 e. The van der Waals surface area contributed by atoms with Gasteiger partial charge in [0, 0.05) is 56.9 Å². The molecule has 6 aromatic carbocycles. The number of hydrogen-bond donors (Lipinski definition) is 1. The molecular weight excluding hydrogens is 1010 g/mol. The molecule has 0 amide bonds. The second-order valence-corrected chi connectivity index (χ2v) is 16.2. The van der Waals surface area contributed by atoms with Crippen molar-refractivity contribution in [3.8, 4) is 28.7 Å². The van der Waals surface area contributed by atoms with Gasteiger partial charge in [0.05, 0.1) is 11.0 Å². The first-order valence-electron chi connectivity index (χ1n) is 20.3. The van der Waals surface area contributed by atoms with Crippen LogP contribution in [0.15, 0.2) is 158 Å². The Labute approximate surface area is 439 Å². The number of para-hydroxylation sites is 4. The van der Waals surface area contributed by atoms with E-state index in [1.165, 1.54) is 34.6 Å². The summed E-state index contributed by atoms with van der Waals surface area (Å²) in [4.78, 5) is 28.4. The molecule has 0 aliphatic carbocycles. The molecule has 1 saturated heterocycles. The van der Waals surface area contributed by atoms with Gasteiger partial charge in [-0.25, -0.2) is 0 Å². The van der Waals surface area contributed by atoms with E-state index < -0.39 is 5.60 Å². The third-order valence-corrected chi connectivity index (χ3v) is 9.77. The quantitative estimate of drug-likeness (QED) is 0.148. The third-order valence-electron chi connectivity index (χ3n) is 9.26. The van der Waals surface area contributed by atoms with Crippen LogP contribution in [0.25, 0.3) is 72.3 Å². The van der Waals surface area contributed by atoms with Crippen molar-refractivity contribution >= 4 is 78.4 Å². The predicted molar refractivity (Wildman–Crippen MR) is 262 cm³/mol. The number of ether oxygens (including phenoxy) is 1. The van der Waals surface area contributed by atoms with E-state index in [0.717, 1.165) is 46.1 Å². The summed E-state index contributed by atoms with van der Waals surface area (Å²) < 4.78 is 6.98. The minimum atomic E-state index is -0.750. The average molecular weight is 1060 g/mol. The van der Waals surface area contributed by atoms with Gasteiger partial charge in [0.25, 0.3) is 0 Å². The van der Waals surface area contributed by atoms with Gasteiger partial charge in [0.2, 0.25) is 21.8 Å². The number of hydrogen-bond acceptors (Lipinski definition) is 8. The second-order valence-electron chi connectivity index (χ2n) is 15.2. The van der Waals surface area contributed by atoms with E-state index in [9.17, 15) is 5.11 Å². The second kappa shape index (κ2) is 26.1. The van der Waals surface area contributed by atoms with Gasteiger partial charge in [-0.3, -0.25) is 4.57 Å². The predicted octanol–water partition coefficient (Wildman–Crippen LogP) is 7.04. The molecule has 334 valence electrons. The molecule has 10 nitrogen and oxygen atoms in total. The van der Waals surface area contributed by atoms with Crippen molar-refractivity contribution in [2.24, 2.45) is 0 Å². The van der Waals surface area contributed by atoms with Crippen LogP contribution >= 0.6 is 34.8 Å². The van der Waals surface area contributed by atoms with Gasteiger partial charge in [0.15, 0.2) is 11.6 Å². The first kappa shape index (κ1) is 54.1. The molecule has 1 fully saturated rings. The normalized spacial score (nSPS) is 11.5. The summed E-state index contributed by atoms with van der Waals surface area (Å²) in [6.07, 6.45) is 2.56. The first-order valence-corrected chi connectivity index (χ1v) is 21.5. The average Bonchev–Trinajstić information content (AvgIpc) is 4.06. The van der Waals surface area contributed by atoms with Gasteiger partial charge >= 0.3 is 29.6 Å². The molecule has 0 saturated carbocycles. The maximum atomic E-state index is 10.1. The van der Waals surface area contributed by atoms with E-state index >= 15 is 0 Å². The molecule has 66 heavy (non-hydrogen) atoms. The molecule has 1 N–H and O–H groups in total. The first-order chi connectivity index (χ1) is 30.5. The van der Waals surface area contributed by atoms with Crippen LogP contribution in [0.3, 0.4) is 0 Å².